The van der Waals surface area contributed by atoms with Crippen molar-refractivity contribution >= 4 is 17.7 Å². The number of amides is 1. The van der Waals surface area contributed by atoms with E-state index < -0.39 is 0 Å². The van der Waals surface area contributed by atoms with Gasteiger partial charge < -0.3 is 5.32 Å². The highest BCUT2D eigenvalue weighted by Crippen LogP contribution is 2.63. The number of nitrogens with one attached hydrogen (secondary N) is 1. The maximum atomic E-state index is 11.8. The Balaban J connectivity index is 1.73. The van der Waals surface area contributed by atoms with Gasteiger partial charge in [0.05, 0.1) is 0 Å². The van der Waals surface area contributed by atoms with Gasteiger partial charge in [0.15, 0.2) is 0 Å². The molecule has 0 aromatic carbocycles. The third-order valence-electron chi connectivity index (χ3n) is 7.30. The fourth-order valence-electron chi connectivity index (χ4n) is 6.01. The molecule has 5 unspecified atom stereocenters. The number of hydrogen-bond acceptors (Lipinski definition) is 2. The zero-order valence-corrected chi connectivity index (χ0v) is 14.2. The minimum absolute atomic E-state index is 0.111. The Morgan fingerprint density at radius 1 is 1.33 bits per heavy atom. The van der Waals surface area contributed by atoms with Crippen molar-refractivity contribution in [3.05, 3.63) is 12.2 Å². The number of carbonyl (C=O) groups is 1. The third-order valence-corrected chi connectivity index (χ3v) is 8.76. The van der Waals surface area contributed by atoms with E-state index in [2.05, 4.69) is 43.9 Å². The predicted octanol–water partition coefficient (Wildman–Crippen LogP) is 3.48. The van der Waals surface area contributed by atoms with Gasteiger partial charge in [0.25, 0.3) is 0 Å². The summed E-state index contributed by atoms with van der Waals surface area (Å²) in [5.41, 5.74) is 0.755. The van der Waals surface area contributed by atoms with Crippen molar-refractivity contribution in [2.75, 3.05) is 11.5 Å². The molecule has 2 saturated carbocycles. The van der Waals surface area contributed by atoms with Crippen LogP contribution in [-0.4, -0.2) is 23.5 Å². The molecule has 0 radical (unpaired) electrons. The molecule has 0 aromatic rings. The van der Waals surface area contributed by atoms with Crippen molar-refractivity contribution in [2.45, 2.75) is 46.1 Å². The van der Waals surface area contributed by atoms with Crippen LogP contribution in [-0.2, 0) is 4.79 Å². The molecule has 2 aliphatic heterocycles. The van der Waals surface area contributed by atoms with Crippen molar-refractivity contribution < 1.29 is 4.79 Å². The van der Waals surface area contributed by atoms with Crippen LogP contribution in [0.2, 0.25) is 0 Å². The van der Waals surface area contributed by atoms with E-state index in [9.17, 15) is 4.79 Å². The van der Waals surface area contributed by atoms with Crippen LogP contribution in [0.1, 0.15) is 40.0 Å². The van der Waals surface area contributed by atoms with Crippen LogP contribution in [0.5, 0.6) is 0 Å². The highest BCUT2D eigenvalue weighted by atomic mass is 32.2. The molecule has 2 aliphatic carbocycles. The summed E-state index contributed by atoms with van der Waals surface area (Å²) in [6.45, 7) is 7.38. The lowest BCUT2D eigenvalue weighted by Gasteiger charge is -2.60. The number of rotatable bonds is 0. The zero-order chi connectivity index (χ0) is 14.8. The standard InChI is InChI=1S/C18H27NOS/c1-11-8-14-18(3,7-5-15(20)19-14)12-4-6-17(2)10-21-9-13(17)16(11)12/h5,7,11-14,16H,4,6,8-10H2,1-3H3,(H,19,20)/t11?,12?,13?,14-,16?,17?,18-/m1/s1. The Morgan fingerprint density at radius 2 is 2.14 bits per heavy atom. The van der Waals surface area contributed by atoms with Crippen LogP contribution in [0.25, 0.3) is 0 Å². The first kappa shape index (κ1) is 14.2. The summed E-state index contributed by atoms with van der Waals surface area (Å²) in [7, 11) is 0. The molecule has 1 amide bonds. The Hall–Kier alpha value is -0.440. The lowest BCUT2D eigenvalue weighted by Crippen LogP contribution is -2.61. The van der Waals surface area contributed by atoms with Crippen LogP contribution in [0, 0.1) is 34.5 Å². The lowest BCUT2D eigenvalue weighted by atomic mass is 9.46. The van der Waals surface area contributed by atoms with Crippen LogP contribution in [0.4, 0.5) is 0 Å². The Morgan fingerprint density at radius 3 is 2.95 bits per heavy atom. The average molecular weight is 305 g/mol. The highest BCUT2D eigenvalue weighted by molar-refractivity contribution is 7.99. The van der Waals surface area contributed by atoms with Gasteiger partial charge in [-0.25, -0.2) is 0 Å². The molecule has 4 aliphatic rings. The van der Waals surface area contributed by atoms with E-state index in [4.69, 9.17) is 0 Å². The number of carbonyl (C=O) groups excluding carboxylic acids is 1. The normalized spacial score (nSPS) is 55.4. The first-order chi connectivity index (χ1) is 9.94. The van der Waals surface area contributed by atoms with E-state index in [0.29, 0.717) is 11.5 Å². The highest BCUT2D eigenvalue weighted by Gasteiger charge is 2.59. The van der Waals surface area contributed by atoms with E-state index >= 15 is 0 Å². The molecule has 7 atom stereocenters. The summed E-state index contributed by atoms with van der Waals surface area (Å²) in [5.74, 6) is 6.06. The van der Waals surface area contributed by atoms with Crippen molar-refractivity contribution in [1.82, 2.24) is 5.32 Å². The fraction of sp³-hybridized carbons (Fsp3) is 0.833. The smallest absolute Gasteiger partial charge is 0.243 e. The molecule has 0 bridgehead atoms. The fourth-order valence-corrected chi connectivity index (χ4v) is 7.83. The molecular formula is C18H27NOS. The number of fused-ring (bicyclic) bond motifs is 5. The second kappa shape index (κ2) is 4.53. The van der Waals surface area contributed by atoms with Crippen LogP contribution in [0.15, 0.2) is 12.2 Å². The van der Waals surface area contributed by atoms with Gasteiger partial charge in [-0.05, 0) is 65.9 Å². The topological polar surface area (TPSA) is 29.1 Å². The van der Waals surface area contributed by atoms with Gasteiger partial charge in [-0.15, -0.1) is 0 Å². The maximum absolute atomic E-state index is 11.8. The second-order valence-corrected chi connectivity index (χ2v) is 9.50. The maximum Gasteiger partial charge on any atom is 0.243 e. The first-order valence-corrected chi connectivity index (χ1v) is 9.67. The van der Waals surface area contributed by atoms with Crippen molar-refractivity contribution in [2.24, 2.45) is 34.5 Å². The lowest BCUT2D eigenvalue weighted by molar-refractivity contribution is -0.124. The molecule has 116 valence electrons. The second-order valence-electron chi connectivity index (χ2n) is 8.47. The molecule has 2 heterocycles. The predicted molar refractivity (Wildman–Crippen MR) is 88.1 cm³/mol. The Bertz CT molecular complexity index is 503. The van der Waals surface area contributed by atoms with E-state index in [1.54, 1.807) is 6.08 Å². The van der Waals surface area contributed by atoms with E-state index in [-0.39, 0.29) is 11.3 Å². The van der Waals surface area contributed by atoms with Gasteiger partial charge in [0, 0.05) is 11.5 Å². The SMILES string of the molecule is CC1C[C@H]2NC(=O)C=C[C@]2(C)C2CCC3(C)CSCC3C12. The van der Waals surface area contributed by atoms with E-state index in [1.807, 2.05) is 0 Å². The van der Waals surface area contributed by atoms with Crippen molar-refractivity contribution in [1.29, 1.82) is 0 Å². The molecular weight excluding hydrogens is 278 g/mol. The van der Waals surface area contributed by atoms with Crippen LogP contribution >= 0.6 is 11.8 Å². The molecule has 4 rings (SSSR count). The summed E-state index contributed by atoms with van der Waals surface area (Å²) < 4.78 is 0. The van der Waals surface area contributed by atoms with E-state index in [0.717, 1.165) is 30.1 Å². The molecule has 3 fully saturated rings. The first-order valence-electron chi connectivity index (χ1n) is 8.51. The van der Waals surface area contributed by atoms with Crippen molar-refractivity contribution in [3.63, 3.8) is 0 Å². The molecule has 21 heavy (non-hydrogen) atoms. The Labute approximate surface area is 132 Å². The van der Waals surface area contributed by atoms with Gasteiger partial charge in [0.1, 0.15) is 0 Å². The van der Waals surface area contributed by atoms with Gasteiger partial charge in [-0.3, -0.25) is 4.79 Å². The average Bonchev–Trinajstić information content (AvgIpc) is 2.82. The molecule has 0 aromatic heterocycles. The zero-order valence-electron chi connectivity index (χ0n) is 13.4. The van der Waals surface area contributed by atoms with Crippen LogP contribution < -0.4 is 5.32 Å². The molecule has 3 heteroatoms. The van der Waals surface area contributed by atoms with Gasteiger partial charge in [-0.1, -0.05) is 26.8 Å². The molecule has 0 spiro atoms. The van der Waals surface area contributed by atoms with Gasteiger partial charge in [-0.2, -0.15) is 11.8 Å². The summed E-state index contributed by atoms with van der Waals surface area (Å²) >= 11 is 2.18. The minimum Gasteiger partial charge on any atom is -0.349 e. The molecule has 1 saturated heterocycles. The summed E-state index contributed by atoms with van der Waals surface area (Å²) in [6.07, 6.45) is 7.93. The summed E-state index contributed by atoms with van der Waals surface area (Å²) in [5, 5.41) is 3.26. The van der Waals surface area contributed by atoms with E-state index in [1.165, 1.54) is 24.3 Å². The third kappa shape index (κ3) is 1.89. The van der Waals surface area contributed by atoms with Crippen molar-refractivity contribution in [3.8, 4) is 0 Å². The number of hydrogen-bond donors (Lipinski definition) is 1. The molecule has 1 N–H and O–H groups in total. The minimum atomic E-state index is 0.111. The summed E-state index contributed by atoms with van der Waals surface area (Å²) in [4.78, 5) is 11.8. The number of thioether (sulfide) groups is 1. The Kier molecular flexibility index (Phi) is 3.06. The quantitative estimate of drug-likeness (QED) is 0.742. The van der Waals surface area contributed by atoms with Gasteiger partial charge >= 0.3 is 0 Å². The van der Waals surface area contributed by atoms with Crippen LogP contribution in [0.3, 0.4) is 0 Å². The monoisotopic (exact) mass is 305 g/mol. The summed E-state index contributed by atoms with van der Waals surface area (Å²) in [6, 6.07) is 0.352. The largest absolute Gasteiger partial charge is 0.349 e. The molecule has 2 nitrogen and oxygen atoms in total. The van der Waals surface area contributed by atoms with Gasteiger partial charge in [0.2, 0.25) is 5.91 Å².